The standard InChI is InChI=1S/C23H28FNO2/c1-17(2)27-16-19-8-5-7-18(13-19)15-25-22(26)23(11-3-4-12-23)20-9-6-10-21(24)14-20/h5-10,13-14,17H,3-4,11-12,15-16H2,1-2H3,(H,25,26). The summed E-state index contributed by atoms with van der Waals surface area (Å²) in [6.45, 7) is 5.05. The summed E-state index contributed by atoms with van der Waals surface area (Å²) in [6, 6.07) is 14.6. The third-order valence-corrected chi connectivity index (χ3v) is 5.30. The van der Waals surface area contributed by atoms with Gasteiger partial charge in [0.25, 0.3) is 0 Å². The molecule has 1 fully saturated rings. The van der Waals surface area contributed by atoms with E-state index in [0.29, 0.717) is 13.2 Å². The number of nitrogens with one attached hydrogen (secondary N) is 1. The highest BCUT2D eigenvalue weighted by atomic mass is 19.1. The molecule has 1 aliphatic rings. The molecule has 1 saturated carbocycles. The van der Waals surface area contributed by atoms with Crippen molar-refractivity contribution in [2.24, 2.45) is 0 Å². The van der Waals surface area contributed by atoms with Crippen molar-refractivity contribution in [3.05, 3.63) is 71.0 Å². The first kappa shape index (κ1) is 19.6. The number of benzene rings is 2. The Bertz CT molecular complexity index is 781. The van der Waals surface area contributed by atoms with E-state index >= 15 is 0 Å². The Morgan fingerprint density at radius 3 is 2.52 bits per heavy atom. The molecule has 3 nitrogen and oxygen atoms in total. The molecule has 0 aliphatic heterocycles. The second-order valence-corrected chi connectivity index (χ2v) is 7.66. The molecule has 4 heteroatoms. The van der Waals surface area contributed by atoms with Gasteiger partial charge in [0.1, 0.15) is 5.82 Å². The molecular formula is C23H28FNO2. The van der Waals surface area contributed by atoms with Gasteiger partial charge in [-0.2, -0.15) is 0 Å². The van der Waals surface area contributed by atoms with Crippen LogP contribution in [-0.4, -0.2) is 12.0 Å². The number of ether oxygens (including phenoxy) is 1. The maximum absolute atomic E-state index is 13.7. The quantitative estimate of drug-likeness (QED) is 0.755. The number of rotatable bonds is 7. The minimum atomic E-state index is -0.611. The van der Waals surface area contributed by atoms with Gasteiger partial charge in [-0.25, -0.2) is 4.39 Å². The Hall–Kier alpha value is -2.20. The van der Waals surface area contributed by atoms with E-state index in [4.69, 9.17) is 4.74 Å². The zero-order valence-electron chi connectivity index (χ0n) is 16.1. The minimum Gasteiger partial charge on any atom is -0.374 e. The Morgan fingerprint density at radius 2 is 1.81 bits per heavy atom. The average Bonchev–Trinajstić information content (AvgIpc) is 3.16. The number of carbonyl (C=O) groups excluding carboxylic acids is 1. The molecule has 1 aliphatic carbocycles. The summed E-state index contributed by atoms with van der Waals surface area (Å²) in [4.78, 5) is 13.1. The van der Waals surface area contributed by atoms with Gasteiger partial charge in [-0.1, -0.05) is 49.2 Å². The van der Waals surface area contributed by atoms with E-state index in [9.17, 15) is 9.18 Å². The molecule has 0 unspecified atom stereocenters. The van der Waals surface area contributed by atoms with Crippen LogP contribution in [0.5, 0.6) is 0 Å². The SMILES string of the molecule is CC(C)OCc1cccc(CNC(=O)C2(c3cccc(F)c3)CCCC2)c1. The lowest BCUT2D eigenvalue weighted by molar-refractivity contribution is -0.126. The Kier molecular flexibility index (Phi) is 6.27. The molecule has 0 aromatic heterocycles. The fourth-order valence-corrected chi connectivity index (χ4v) is 3.86. The lowest BCUT2D eigenvalue weighted by atomic mass is 9.78. The molecule has 0 heterocycles. The molecule has 2 aromatic carbocycles. The van der Waals surface area contributed by atoms with Crippen LogP contribution in [0.4, 0.5) is 4.39 Å². The Labute approximate surface area is 160 Å². The van der Waals surface area contributed by atoms with Gasteiger partial charge < -0.3 is 10.1 Å². The maximum Gasteiger partial charge on any atom is 0.230 e. The topological polar surface area (TPSA) is 38.3 Å². The molecule has 0 saturated heterocycles. The summed E-state index contributed by atoms with van der Waals surface area (Å²) < 4.78 is 19.4. The van der Waals surface area contributed by atoms with Crippen LogP contribution in [0, 0.1) is 5.82 Å². The molecule has 144 valence electrons. The van der Waals surface area contributed by atoms with Crippen LogP contribution in [-0.2, 0) is 28.1 Å². The summed E-state index contributed by atoms with van der Waals surface area (Å²) in [5.41, 5.74) is 2.31. The molecule has 27 heavy (non-hydrogen) atoms. The number of amides is 1. The molecular weight excluding hydrogens is 341 g/mol. The van der Waals surface area contributed by atoms with Crippen LogP contribution in [0.15, 0.2) is 48.5 Å². The second kappa shape index (κ2) is 8.66. The monoisotopic (exact) mass is 369 g/mol. The van der Waals surface area contributed by atoms with Gasteiger partial charge in [0.15, 0.2) is 0 Å². The van der Waals surface area contributed by atoms with Crippen LogP contribution >= 0.6 is 0 Å². The summed E-state index contributed by atoms with van der Waals surface area (Å²) in [6.07, 6.45) is 3.70. The summed E-state index contributed by atoms with van der Waals surface area (Å²) >= 11 is 0. The third-order valence-electron chi connectivity index (χ3n) is 5.30. The zero-order valence-corrected chi connectivity index (χ0v) is 16.1. The van der Waals surface area contributed by atoms with Crippen molar-refractivity contribution in [2.45, 2.75) is 64.2 Å². The van der Waals surface area contributed by atoms with E-state index in [1.807, 2.05) is 38.1 Å². The van der Waals surface area contributed by atoms with E-state index in [1.54, 1.807) is 6.07 Å². The number of carbonyl (C=O) groups is 1. The molecule has 3 rings (SSSR count). The largest absolute Gasteiger partial charge is 0.374 e. The highest BCUT2D eigenvalue weighted by Gasteiger charge is 2.42. The van der Waals surface area contributed by atoms with Crippen molar-refractivity contribution >= 4 is 5.91 Å². The van der Waals surface area contributed by atoms with Crippen molar-refractivity contribution in [3.8, 4) is 0 Å². The molecule has 0 atom stereocenters. The third kappa shape index (κ3) is 4.75. The van der Waals surface area contributed by atoms with Gasteiger partial charge in [-0.15, -0.1) is 0 Å². The second-order valence-electron chi connectivity index (χ2n) is 7.66. The zero-order chi connectivity index (χ0) is 19.3. The van der Waals surface area contributed by atoms with E-state index in [-0.39, 0.29) is 17.8 Å². The van der Waals surface area contributed by atoms with Crippen LogP contribution in [0.25, 0.3) is 0 Å². The summed E-state index contributed by atoms with van der Waals surface area (Å²) in [5.74, 6) is -0.293. The van der Waals surface area contributed by atoms with Crippen molar-refractivity contribution in [1.82, 2.24) is 5.32 Å². The number of hydrogen-bond acceptors (Lipinski definition) is 2. The molecule has 0 radical (unpaired) electrons. The van der Waals surface area contributed by atoms with Crippen molar-refractivity contribution in [2.75, 3.05) is 0 Å². The average molecular weight is 369 g/mol. The van der Waals surface area contributed by atoms with Gasteiger partial charge in [0, 0.05) is 6.54 Å². The van der Waals surface area contributed by atoms with Crippen molar-refractivity contribution in [1.29, 1.82) is 0 Å². The highest BCUT2D eigenvalue weighted by molar-refractivity contribution is 5.88. The molecule has 2 aromatic rings. The predicted octanol–water partition coefficient (Wildman–Crippen LogP) is 4.88. The van der Waals surface area contributed by atoms with Gasteiger partial charge >= 0.3 is 0 Å². The smallest absolute Gasteiger partial charge is 0.230 e. The molecule has 1 amide bonds. The first-order valence-corrected chi connectivity index (χ1v) is 9.73. The van der Waals surface area contributed by atoms with E-state index < -0.39 is 5.41 Å². The fraction of sp³-hybridized carbons (Fsp3) is 0.435. The minimum absolute atomic E-state index is 0.00515. The first-order chi connectivity index (χ1) is 13.0. The molecule has 0 bridgehead atoms. The van der Waals surface area contributed by atoms with E-state index in [2.05, 4.69) is 11.4 Å². The number of halogens is 1. The van der Waals surface area contributed by atoms with Gasteiger partial charge in [0.2, 0.25) is 5.91 Å². The van der Waals surface area contributed by atoms with Gasteiger partial charge in [0.05, 0.1) is 18.1 Å². The van der Waals surface area contributed by atoms with Gasteiger partial charge in [-0.3, -0.25) is 4.79 Å². The lowest BCUT2D eigenvalue weighted by Gasteiger charge is -2.28. The lowest BCUT2D eigenvalue weighted by Crippen LogP contribution is -2.42. The van der Waals surface area contributed by atoms with Crippen LogP contribution < -0.4 is 5.32 Å². The first-order valence-electron chi connectivity index (χ1n) is 9.73. The van der Waals surface area contributed by atoms with Crippen LogP contribution in [0.3, 0.4) is 0 Å². The highest BCUT2D eigenvalue weighted by Crippen LogP contribution is 2.41. The van der Waals surface area contributed by atoms with E-state index in [1.165, 1.54) is 12.1 Å². The summed E-state index contributed by atoms with van der Waals surface area (Å²) in [7, 11) is 0. The van der Waals surface area contributed by atoms with Crippen molar-refractivity contribution in [3.63, 3.8) is 0 Å². The van der Waals surface area contributed by atoms with Crippen LogP contribution in [0.2, 0.25) is 0 Å². The molecule has 0 spiro atoms. The van der Waals surface area contributed by atoms with Crippen molar-refractivity contribution < 1.29 is 13.9 Å². The van der Waals surface area contributed by atoms with Gasteiger partial charge in [-0.05, 0) is 55.5 Å². The Balaban J connectivity index is 1.69. The summed E-state index contributed by atoms with van der Waals surface area (Å²) in [5, 5.41) is 3.09. The maximum atomic E-state index is 13.7. The normalized spacial score (nSPS) is 15.9. The fourth-order valence-electron chi connectivity index (χ4n) is 3.86. The predicted molar refractivity (Wildman–Crippen MR) is 105 cm³/mol. The Morgan fingerprint density at radius 1 is 1.11 bits per heavy atom. The van der Waals surface area contributed by atoms with E-state index in [0.717, 1.165) is 42.4 Å². The molecule has 1 N–H and O–H groups in total. The number of hydrogen-bond donors (Lipinski definition) is 1. The van der Waals surface area contributed by atoms with Crippen LogP contribution in [0.1, 0.15) is 56.2 Å².